The van der Waals surface area contributed by atoms with Crippen LogP contribution in [0.4, 0.5) is 5.69 Å². The van der Waals surface area contributed by atoms with Crippen molar-refractivity contribution in [2.75, 3.05) is 18.0 Å². The molecule has 2 aliphatic rings. The van der Waals surface area contributed by atoms with Gasteiger partial charge in [0.1, 0.15) is 0 Å². The van der Waals surface area contributed by atoms with Crippen LogP contribution in [0.15, 0.2) is 24.3 Å². The number of anilines is 1. The van der Waals surface area contributed by atoms with Gasteiger partial charge in [0.2, 0.25) is 5.91 Å². The van der Waals surface area contributed by atoms with Crippen molar-refractivity contribution in [2.24, 2.45) is 0 Å². The molecule has 114 valence electrons. The molecular formula is C16H24N4O. The molecular weight excluding hydrogens is 264 g/mol. The normalized spacial score (nSPS) is 28.3. The Kier molecular flexibility index (Phi) is 4.12. The van der Waals surface area contributed by atoms with E-state index in [1.807, 2.05) is 6.07 Å². The first-order valence-electron chi connectivity index (χ1n) is 7.78. The lowest BCUT2D eigenvalue weighted by molar-refractivity contribution is -0.120. The maximum Gasteiger partial charge on any atom is 0.239 e. The first-order valence-corrected chi connectivity index (χ1v) is 7.78. The van der Waals surface area contributed by atoms with Crippen molar-refractivity contribution < 1.29 is 4.79 Å². The number of nitrogens with one attached hydrogen (secondary N) is 3. The zero-order chi connectivity index (χ0) is 14.8. The van der Waals surface area contributed by atoms with Gasteiger partial charge < -0.3 is 10.2 Å². The third-order valence-electron chi connectivity index (χ3n) is 4.48. The highest BCUT2D eigenvalue weighted by Gasteiger charge is 2.31. The topological polar surface area (TPSA) is 56.4 Å². The highest BCUT2D eigenvalue weighted by atomic mass is 16.2. The van der Waals surface area contributed by atoms with Crippen molar-refractivity contribution in [1.82, 2.24) is 16.2 Å². The second kappa shape index (κ2) is 6.03. The molecule has 1 amide bonds. The van der Waals surface area contributed by atoms with E-state index in [0.29, 0.717) is 6.54 Å². The van der Waals surface area contributed by atoms with Crippen LogP contribution < -0.4 is 21.1 Å². The fraction of sp³-hybridized carbons (Fsp3) is 0.562. The molecule has 0 aliphatic carbocycles. The number of aryl methyl sites for hydroxylation is 1. The van der Waals surface area contributed by atoms with Gasteiger partial charge >= 0.3 is 0 Å². The largest absolute Gasteiger partial charge is 0.362 e. The quantitative estimate of drug-likeness (QED) is 0.770. The SMILES string of the molecule is CC1NNC(C)C1NC(=O)CN1CCCc2ccccc21. The van der Waals surface area contributed by atoms with Crippen LogP contribution in [0.5, 0.6) is 0 Å². The third kappa shape index (κ3) is 3.04. The van der Waals surface area contributed by atoms with Gasteiger partial charge in [0.15, 0.2) is 0 Å². The lowest BCUT2D eigenvalue weighted by atomic mass is 10.0. The molecule has 0 saturated carbocycles. The smallest absolute Gasteiger partial charge is 0.239 e. The fourth-order valence-corrected chi connectivity index (χ4v) is 3.31. The molecule has 2 heterocycles. The Bertz CT molecular complexity index is 509. The van der Waals surface area contributed by atoms with Crippen LogP contribution in [0.3, 0.4) is 0 Å². The third-order valence-corrected chi connectivity index (χ3v) is 4.48. The highest BCUT2D eigenvalue weighted by Crippen LogP contribution is 2.26. The van der Waals surface area contributed by atoms with E-state index >= 15 is 0 Å². The van der Waals surface area contributed by atoms with Crippen molar-refractivity contribution in [3.05, 3.63) is 29.8 Å². The highest BCUT2D eigenvalue weighted by molar-refractivity contribution is 5.82. The minimum atomic E-state index is 0.0981. The van der Waals surface area contributed by atoms with Crippen molar-refractivity contribution in [1.29, 1.82) is 0 Å². The van der Waals surface area contributed by atoms with Gasteiger partial charge in [-0.1, -0.05) is 18.2 Å². The lowest BCUT2D eigenvalue weighted by Crippen LogP contribution is -2.50. The maximum atomic E-state index is 12.4. The first-order chi connectivity index (χ1) is 10.1. The van der Waals surface area contributed by atoms with Crippen LogP contribution in [0.25, 0.3) is 0 Å². The van der Waals surface area contributed by atoms with E-state index in [-0.39, 0.29) is 24.0 Å². The average molecular weight is 288 g/mol. The molecule has 3 rings (SSSR count). The van der Waals surface area contributed by atoms with Crippen LogP contribution in [-0.2, 0) is 11.2 Å². The van der Waals surface area contributed by atoms with Crippen molar-refractivity contribution in [3.63, 3.8) is 0 Å². The molecule has 1 fully saturated rings. The van der Waals surface area contributed by atoms with Gasteiger partial charge in [-0.25, -0.2) is 0 Å². The number of amides is 1. The molecule has 21 heavy (non-hydrogen) atoms. The fourth-order valence-electron chi connectivity index (χ4n) is 3.31. The van der Waals surface area contributed by atoms with Crippen molar-refractivity contribution in [3.8, 4) is 0 Å². The standard InChI is InChI=1S/C16H24N4O/c1-11-16(12(2)19-18-11)17-15(21)10-20-9-5-7-13-6-3-4-8-14(13)20/h3-4,6,8,11-12,16,18-19H,5,7,9-10H2,1-2H3,(H,17,21). The van der Waals surface area contributed by atoms with Gasteiger partial charge in [-0.3, -0.25) is 15.6 Å². The zero-order valence-corrected chi connectivity index (χ0v) is 12.7. The summed E-state index contributed by atoms with van der Waals surface area (Å²) < 4.78 is 0. The summed E-state index contributed by atoms with van der Waals surface area (Å²) in [6, 6.07) is 9.03. The van der Waals surface area contributed by atoms with E-state index in [1.165, 1.54) is 11.3 Å². The van der Waals surface area contributed by atoms with Crippen LogP contribution in [-0.4, -0.2) is 37.1 Å². The van der Waals surface area contributed by atoms with E-state index in [2.05, 4.69) is 53.1 Å². The van der Waals surface area contributed by atoms with E-state index in [0.717, 1.165) is 19.4 Å². The number of benzene rings is 1. The molecule has 5 nitrogen and oxygen atoms in total. The summed E-state index contributed by atoms with van der Waals surface area (Å²) in [4.78, 5) is 14.6. The molecule has 1 aromatic rings. The second-order valence-electron chi connectivity index (χ2n) is 6.11. The first kappa shape index (κ1) is 14.4. The minimum Gasteiger partial charge on any atom is -0.362 e. The zero-order valence-electron chi connectivity index (χ0n) is 12.7. The van der Waals surface area contributed by atoms with Gasteiger partial charge in [0.25, 0.3) is 0 Å². The van der Waals surface area contributed by atoms with E-state index < -0.39 is 0 Å². The molecule has 3 N–H and O–H groups in total. The molecule has 0 spiro atoms. The molecule has 2 atom stereocenters. The molecule has 1 saturated heterocycles. The van der Waals surface area contributed by atoms with E-state index in [4.69, 9.17) is 0 Å². The van der Waals surface area contributed by atoms with Crippen LogP contribution in [0.2, 0.25) is 0 Å². The van der Waals surface area contributed by atoms with Gasteiger partial charge in [0.05, 0.1) is 12.6 Å². The molecule has 5 heteroatoms. The molecule has 1 aromatic carbocycles. The lowest BCUT2D eigenvalue weighted by Gasteiger charge is -2.31. The predicted molar refractivity (Wildman–Crippen MR) is 84.1 cm³/mol. The number of carbonyl (C=O) groups is 1. The van der Waals surface area contributed by atoms with Crippen LogP contribution in [0.1, 0.15) is 25.8 Å². The number of hydrogen-bond acceptors (Lipinski definition) is 4. The predicted octanol–water partition coefficient (Wildman–Crippen LogP) is 0.809. The number of fused-ring (bicyclic) bond motifs is 1. The van der Waals surface area contributed by atoms with Crippen molar-refractivity contribution in [2.45, 2.75) is 44.8 Å². The minimum absolute atomic E-state index is 0.0981. The molecule has 0 aromatic heterocycles. The average Bonchev–Trinajstić information content (AvgIpc) is 2.79. The number of para-hydroxylation sites is 1. The summed E-state index contributed by atoms with van der Waals surface area (Å²) in [5, 5.41) is 3.15. The van der Waals surface area contributed by atoms with Crippen LogP contribution >= 0.6 is 0 Å². The number of nitrogens with zero attached hydrogens (tertiary/aromatic N) is 1. The maximum absolute atomic E-state index is 12.4. The van der Waals surface area contributed by atoms with Gasteiger partial charge in [-0.05, 0) is 38.3 Å². The summed E-state index contributed by atoms with van der Waals surface area (Å²) in [5.41, 5.74) is 8.89. The summed E-state index contributed by atoms with van der Waals surface area (Å²) >= 11 is 0. The van der Waals surface area contributed by atoms with E-state index in [1.54, 1.807) is 0 Å². The summed E-state index contributed by atoms with van der Waals surface area (Å²) in [7, 11) is 0. The number of rotatable bonds is 3. The Morgan fingerprint density at radius 1 is 1.29 bits per heavy atom. The summed E-state index contributed by atoms with van der Waals surface area (Å²) in [6.07, 6.45) is 2.22. The Hall–Kier alpha value is -1.59. The molecule has 2 unspecified atom stereocenters. The van der Waals surface area contributed by atoms with Gasteiger partial charge in [-0.15, -0.1) is 0 Å². The Labute approximate surface area is 126 Å². The van der Waals surface area contributed by atoms with Gasteiger partial charge in [0, 0.05) is 24.3 Å². The summed E-state index contributed by atoms with van der Waals surface area (Å²) in [6.45, 7) is 5.55. The second-order valence-corrected chi connectivity index (χ2v) is 6.11. The van der Waals surface area contributed by atoms with Crippen molar-refractivity contribution >= 4 is 11.6 Å². The van der Waals surface area contributed by atoms with Gasteiger partial charge in [-0.2, -0.15) is 0 Å². The van der Waals surface area contributed by atoms with Crippen LogP contribution in [0, 0.1) is 0 Å². The number of hydrogen-bond donors (Lipinski definition) is 3. The molecule has 0 bridgehead atoms. The monoisotopic (exact) mass is 288 g/mol. The van der Waals surface area contributed by atoms with E-state index in [9.17, 15) is 4.79 Å². The Morgan fingerprint density at radius 3 is 2.76 bits per heavy atom. The Morgan fingerprint density at radius 2 is 2.00 bits per heavy atom. The molecule has 2 aliphatic heterocycles. The summed E-state index contributed by atoms with van der Waals surface area (Å²) in [5.74, 6) is 0.0981. The number of carbonyl (C=O) groups excluding carboxylic acids is 1. The Balaban J connectivity index is 1.63. The number of hydrazine groups is 1. The molecule has 0 radical (unpaired) electrons.